The Labute approximate surface area is 74.2 Å². The molecule has 0 bridgehead atoms. The zero-order valence-corrected chi connectivity index (χ0v) is 7.97. The second-order valence-corrected chi connectivity index (χ2v) is 3.07. The molecule has 0 atom stereocenters. The van der Waals surface area contributed by atoms with Gasteiger partial charge in [-0.2, -0.15) is 0 Å². The molecule has 12 heavy (non-hydrogen) atoms. The summed E-state index contributed by atoms with van der Waals surface area (Å²) in [5.41, 5.74) is 0. The van der Waals surface area contributed by atoms with Crippen molar-refractivity contribution in [2.24, 2.45) is 5.92 Å². The lowest BCUT2D eigenvalue weighted by atomic mass is 9.99. The minimum atomic E-state index is -0.642. The SMILES string of the molecule is CCC.O=C(O)C1CCNCC1. The second-order valence-electron chi connectivity index (χ2n) is 3.07. The fourth-order valence-corrected chi connectivity index (χ4v) is 1.07. The van der Waals surface area contributed by atoms with E-state index in [0.717, 1.165) is 25.9 Å². The average molecular weight is 173 g/mol. The van der Waals surface area contributed by atoms with E-state index >= 15 is 0 Å². The number of carboxylic acid groups (broad SMARTS) is 1. The van der Waals surface area contributed by atoms with E-state index in [-0.39, 0.29) is 5.92 Å². The predicted octanol–water partition coefficient (Wildman–Crippen LogP) is 1.49. The van der Waals surface area contributed by atoms with Gasteiger partial charge in [-0.3, -0.25) is 4.79 Å². The fraction of sp³-hybridized carbons (Fsp3) is 0.889. The van der Waals surface area contributed by atoms with Gasteiger partial charge in [-0.25, -0.2) is 0 Å². The molecule has 1 saturated heterocycles. The van der Waals surface area contributed by atoms with Crippen LogP contribution in [-0.4, -0.2) is 24.2 Å². The Hall–Kier alpha value is -0.570. The molecule has 1 aliphatic heterocycles. The molecular formula is C9H19NO2. The summed E-state index contributed by atoms with van der Waals surface area (Å²) >= 11 is 0. The third-order valence-electron chi connectivity index (χ3n) is 1.69. The van der Waals surface area contributed by atoms with Gasteiger partial charge in [0, 0.05) is 0 Å². The lowest BCUT2D eigenvalue weighted by Crippen LogP contribution is -2.31. The summed E-state index contributed by atoms with van der Waals surface area (Å²) in [6.45, 7) is 5.97. The molecule has 0 aromatic heterocycles. The van der Waals surface area contributed by atoms with Gasteiger partial charge in [0.15, 0.2) is 0 Å². The van der Waals surface area contributed by atoms with Gasteiger partial charge in [-0.1, -0.05) is 20.3 Å². The Morgan fingerprint density at radius 1 is 1.42 bits per heavy atom. The molecule has 0 radical (unpaired) electrons. The van der Waals surface area contributed by atoms with Crippen molar-refractivity contribution in [3.8, 4) is 0 Å². The first kappa shape index (κ1) is 11.4. The highest BCUT2D eigenvalue weighted by Crippen LogP contribution is 2.10. The summed E-state index contributed by atoms with van der Waals surface area (Å²) in [5, 5.41) is 11.6. The maximum Gasteiger partial charge on any atom is 0.306 e. The zero-order valence-electron chi connectivity index (χ0n) is 7.97. The van der Waals surface area contributed by atoms with Crippen LogP contribution in [0, 0.1) is 5.92 Å². The van der Waals surface area contributed by atoms with Crippen molar-refractivity contribution < 1.29 is 9.90 Å². The van der Waals surface area contributed by atoms with Crippen LogP contribution in [-0.2, 0) is 4.79 Å². The first-order chi connectivity index (χ1) is 5.72. The molecule has 3 heteroatoms. The molecule has 1 rings (SSSR count). The van der Waals surface area contributed by atoms with Crippen LogP contribution < -0.4 is 5.32 Å². The van der Waals surface area contributed by atoms with Gasteiger partial charge in [0.05, 0.1) is 5.92 Å². The van der Waals surface area contributed by atoms with Crippen LogP contribution in [0.4, 0.5) is 0 Å². The highest BCUT2D eigenvalue weighted by atomic mass is 16.4. The van der Waals surface area contributed by atoms with Crippen LogP contribution in [0.5, 0.6) is 0 Å². The number of carbonyl (C=O) groups is 1. The molecule has 0 amide bonds. The van der Waals surface area contributed by atoms with Crippen LogP contribution in [0.1, 0.15) is 33.1 Å². The number of carboxylic acids is 1. The normalized spacial score (nSPS) is 17.8. The molecule has 1 heterocycles. The third kappa shape index (κ3) is 5.13. The molecule has 2 N–H and O–H groups in total. The Bertz CT molecular complexity index is 120. The number of aliphatic carboxylic acids is 1. The van der Waals surface area contributed by atoms with Gasteiger partial charge in [0.2, 0.25) is 0 Å². The molecule has 1 fully saturated rings. The van der Waals surface area contributed by atoms with Crippen LogP contribution in [0.3, 0.4) is 0 Å². The van der Waals surface area contributed by atoms with E-state index in [1.54, 1.807) is 0 Å². The first-order valence-corrected chi connectivity index (χ1v) is 4.65. The van der Waals surface area contributed by atoms with E-state index in [1.807, 2.05) is 0 Å². The number of rotatable bonds is 1. The topological polar surface area (TPSA) is 49.3 Å². The summed E-state index contributed by atoms with van der Waals surface area (Å²) in [5.74, 6) is -0.734. The lowest BCUT2D eigenvalue weighted by molar-refractivity contribution is -0.142. The zero-order chi connectivity index (χ0) is 9.40. The van der Waals surface area contributed by atoms with Gasteiger partial charge in [-0.05, 0) is 25.9 Å². The molecule has 0 aromatic rings. The standard InChI is InChI=1S/C6H11NO2.C3H8/c8-6(9)5-1-3-7-4-2-5;1-3-2/h5,7H,1-4H2,(H,8,9);3H2,1-2H3. The second kappa shape index (κ2) is 7.10. The van der Waals surface area contributed by atoms with Crippen LogP contribution in [0.25, 0.3) is 0 Å². The number of hydrogen-bond donors (Lipinski definition) is 2. The van der Waals surface area contributed by atoms with E-state index in [9.17, 15) is 4.79 Å². The molecule has 1 aliphatic rings. The highest BCUT2D eigenvalue weighted by Gasteiger charge is 2.18. The maximum atomic E-state index is 10.3. The van der Waals surface area contributed by atoms with Crippen molar-refractivity contribution in [1.29, 1.82) is 0 Å². The quantitative estimate of drug-likeness (QED) is 0.631. The molecule has 0 aromatic carbocycles. The summed E-state index contributed by atoms with van der Waals surface area (Å²) in [7, 11) is 0. The van der Waals surface area contributed by atoms with E-state index < -0.39 is 5.97 Å². The highest BCUT2D eigenvalue weighted by molar-refractivity contribution is 5.70. The summed E-state index contributed by atoms with van der Waals surface area (Å²) in [6.07, 6.45) is 2.82. The lowest BCUT2D eigenvalue weighted by Gasteiger charge is -2.17. The molecule has 0 spiro atoms. The molecule has 0 aliphatic carbocycles. The summed E-state index contributed by atoms with van der Waals surface area (Å²) in [4.78, 5) is 10.3. The van der Waals surface area contributed by atoms with Gasteiger partial charge in [-0.15, -0.1) is 0 Å². The molecule has 0 unspecified atom stereocenters. The van der Waals surface area contributed by atoms with Crippen molar-refractivity contribution in [2.45, 2.75) is 33.1 Å². The number of piperidine rings is 1. The minimum absolute atomic E-state index is 0.0914. The smallest absolute Gasteiger partial charge is 0.306 e. The molecule has 72 valence electrons. The van der Waals surface area contributed by atoms with Crippen molar-refractivity contribution in [3.63, 3.8) is 0 Å². The molecule has 3 nitrogen and oxygen atoms in total. The Morgan fingerprint density at radius 3 is 2.08 bits per heavy atom. The third-order valence-corrected chi connectivity index (χ3v) is 1.69. The summed E-state index contributed by atoms with van der Waals surface area (Å²) < 4.78 is 0. The first-order valence-electron chi connectivity index (χ1n) is 4.65. The number of hydrogen-bond acceptors (Lipinski definition) is 2. The van der Waals surface area contributed by atoms with Crippen molar-refractivity contribution in [2.75, 3.05) is 13.1 Å². The monoisotopic (exact) mass is 173 g/mol. The van der Waals surface area contributed by atoms with Gasteiger partial charge in [0.25, 0.3) is 0 Å². The van der Waals surface area contributed by atoms with Crippen molar-refractivity contribution in [3.05, 3.63) is 0 Å². The van der Waals surface area contributed by atoms with E-state index in [4.69, 9.17) is 5.11 Å². The van der Waals surface area contributed by atoms with Crippen molar-refractivity contribution >= 4 is 5.97 Å². The minimum Gasteiger partial charge on any atom is -0.481 e. The fourth-order valence-electron chi connectivity index (χ4n) is 1.07. The van der Waals surface area contributed by atoms with Crippen LogP contribution in [0.15, 0.2) is 0 Å². The van der Waals surface area contributed by atoms with E-state index in [1.165, 1.54) is 6.42 Å². The maximum absolute atomic E-state index is 10.3. The van der Waals surface area contributed by atoms with Crippen molar-refractivity contribution in [1.82, 2.24) is 5.32 Å². The predicted molar refractivity (Wildman–Crippen MR) is 49.2 cm³/mol. The van der Waals surface area contributed by atoms with Crippen LogP contribution >= 0.6 is 0 Å². The van der Waals surface area contributed by atoms with E-state index in [0.29, 0.717) is 0 Å². The Kier molecular flexibility index (Phi) is 6.76. The van der Waals surface area contributed by atoms with E-state index in [2.05, 4.69) is 19.2 Å². The summed E-state index contributed by atoms with van der Waals surface area (Å²) in [6, 6.07) is 0. The van der Waals surface area contributed by atoms with Crippen LogP contribution in [0.2, 0.25) is 0 Å². The molecule has 0 saturated carbocycles. The largest absolute Gasteiger partial charge is 0.481 e. The molecular weight excluding hydrogens is 154 g/mol. The Balaban J connectivity index is 0.000000354. The van der Waals surface area contributed by atoms with Gasteiger partial charge >= 0.3 is 5.97 Å². The van der Waals surface area contributed by atoms with Gasteiger partial charge in [0.1, 0.15) is 0 Å². The van der Waals surface area contributed by atoms with Gasteiger partial charge < -0.3 is 10.4 Å². The average Bonchev–Trinajstić information content (AvgIpc) is 2.07. The number of nitrogens with one attached hydrogen (secondary N) is 1. The Morgan fingerprint density at radius 2 is 1.83 bits per heavy atom.